The maximum atomic E-state index is 10.5. The van der Waals surface area contributed by atoms with E-state index in [1.54, 1.807) is 6.08 Å². The average Bonchev–Trinajstić information content (AvgIpc) is 2.86. The van der Waals surface area contributed by atoms with Crippen molar-refractivity contribution < 1.29 is 15.3 Å². The van der Waals surface area contributed by atoms with Gasteiger partial charge in [-0.3, -0.25) is 0 Å². The Balaban J connectivity index is 2.62. The van der Waals surface area contributed by atoms with E-state index >= 15 is 0 Å². The summed E-state index contributed by atoms with van der Waals surface area (Å²) in [6.45, 7) is 8.04. The first-order valence-corrected chi connectivity index (χ1v) is 10.0. The molecule has 0 aromatic rings. The average molecular weight is 351 g/mol. The van der Waals surface area contributed by atoms with Crippen LogP contribution >= 0.6 is 0 Å². The van der Waals surface area contributed by atoms with E-state index in [-0.39, 0.29) is 11.8 Å². The number of aliphatic hydroxyl groups excluding tert-OH is 2. The van der Waals surface area contributed by atoms with Gasteiger partial charge in [0.15, 0.2) is 0 Å². The summed E-state index contributed by atoms with van der Waals surface area (Å²) in [6.07, 6.45) is 16.8. The molecule has 1 aliphatic carbocycles. The van der Waals surface area contributed by atoms with Gasteiger partial charge in [-0.05, 0) is 31.6 Å². The lowest BCUT2D eigenvalue weighted by Crippen LogP contribution is -2.25. The minimum atomic E-state index is -0.871. The molecule has 1 saturated carbocycles. The Morgan fingerprint density at radius 2 is 1.76 bits per heavy atom. The van der Waals surface area contributed by atoms with Gasteiger partial charge in [-0.15, -0.1) is 6.58 Å². The highest BCUT2D eigenvalue weighted by Gasteiger charge is 2.39. The summed E-state index contributed by atoms with van der Waals surface area (Å²) in [7, 11) is 0. The molecule has 0 spiro atoms. The molecule has 0 heterocycles. The summed E-state index contributed by atoms with van der Waals surface area (Å²) in [5.41, 5.74) is -0.871. The molecule has 3 heteroatoms. The summed E-state index contributed by atoms with van der Waals surface area (Å²) in [5.74, 6) is 0.00246. The Kier molecular flexibility index (Phi) is 10.3. The monoisotopic (exact) mass is 350 g/mol. The van der Waals surface area contributed by atoms with Gasteiger partial charge >= 0.3 is 0 Å². The number of allylic oxidation sites excluding steroid dienone is 2. The zero-order valence-electron chi connectivity index (χ0n) is 16.1. The van der Waals surface area contributed by atoms with Crippen LogP contribution < -0.4 is 0 Å². The molecule has 3 N–H and O–H groups in total. The molecule has 1 unspecified atom stereocenters. The van der Waals surface area contributed by atoms with Gasteiger partial charge in [0.25, 0.3) is 0 Å². The molecule has 0 bridgehead atoms. The second-order valence-electron chi connectivity index (χ2n) is 7.50. The maximum absolute atomic E-state index is 10.5. The molecule has 25 heavy (non-hydrogen) atoms. The smallest absolute Gasteiger partial charge is 0.0859 e. The molecule has 144 valence electrons. The number of hydrogen-bond donors (Lipinski definition) is 3. The zero-order valence-corrected chi connectivity index (χ0v) is 16.1. The van der Waals surface area contributed by atoms with E-state index in [0.717, 1.165) is 25.7 Å². The van der Waals surface area contributed by atoms with Crippen LogP contribution in [0.2, 0.25) is 0 Å². The van der Waals surface area contributed by atoms with Crippen LogP contribution in [0.3, 0.4) is 0 Å². The second kappa shape index (κ2) is 11.7. The van der Waals surface area contributed by atoms with Crippen LogP contribution in [-0.2, 0) is 0 Å². The van der Waals surface area contributed by atoms with Crippen LogP contribution in [0.25, 0.3) is 0 Å². The third-order valence-electron chi connectivity index (χ3n) is 5.39. The molecule has 1 rings (SSSR count). The molecule has 3 nitrogen and oxygen atoms in total. The van der Waals surface area contributed by atoms with Crippen LogP contribution in [0, 0.1) is 11.8 Å². The van der Waals surface area contributed by atoms with Crippen LogP contribution in [0.1, 0.15) is 71.6 Å². The van der Waals surface area contributed by atoms with Crippen LogP contribution in [0.15, 0.2) is 37.0 Å². The van der Waals surface area contributed by atoms with Crippen LogP contribution in [-0.4, -0.2) is 33.1 Å². The molecule has 1 aliphatic rings. The Morgan fingerprint density at radius 3 is 2.40 bits per heavy atom. The molecule has 0 aromatic heterocycles. The SMILES string of the molecule is C=CC(O)(C/C=C/[C@@H]1[C@@H](C/C=C\CCCC)[C@@H](O)C[C@H]1O)CCCC. The normalized spacial score (nSPS) is 29.5. The third-order valence-corrected chi connectivity index (χ3v) is 5.39. The number of rotatable bonds is 12. The van der Waals surface area contributed by atoms with E-state index in [9.17, 15) is 15.3 Å². The van der Waals surface area contributed by atoms with Gasteiger partial charge in [-0.2, -0.15) is 0 Å². The second-order valence-corrected chi connectivity index (χ2v) is 7.50. The zero-order chi connectivity index (χ0) is 18.7. The topological polar surface area (TPSA) is 60.7 Å². The molecule has 0 aromatic carbocycles. The van der Waals surface area contributed by atoms with Crippen molar-refractivity contribution in [3.63, 3.8) is 0 Å². The van der Waals surface area contributed by atoms with Gasteiger partial charge in [0.1, 0.15) is 0 Å². The van der Waals surface area contributed by atoms with Gasteiger partial charge in [-0.1, -0.05) is 69.9 Å². The standard InChI is InChI=1S/C22H38O3/c1-4-7-9-10-11-13-18-19(21(24)17-20(18)23)14-12-16-22(25,6-3)15-8-5-2/h6,10-12,14,18-21,23-25H,3-5,7-9,13,15-17H2,1-2H3/b11-10-,14-12+/t18-,19-,20+,21-,22?/m1/s1. The minimum absolute atomic E-state index is 0.0499. The van der Waals surface area contributed by atoms with Crippen molar-refractivity contribution in [1.29, 1.82) is 0 Å². The van der Waals surface area contributed by atoms with Gasteiger partial charge in [0.05, 0.1) is 17.8 Å². The Hall–Kier alpha value is -0.900. The van der Waals surface area contributed by atoms with Gasteiger partial charge in [0, 0.05) is 12.3 Å². The fourth-order valence-corrected chi connectivity index (χ4v) is 3.60. The minimum Gasteiger partial charge on any atom is -0.393 e. The lowest BCUT2D eigenvalue weighted by atomic mass is 9.88. The first-order chi connectivity index (χ1) is 12.0. The third kappa shape index (κ3) is 7.47. The highest BCUT2D eigenvalue weighted by molar-refractivity contribution is 5.08. The largest absolute Gasteiger partial charge is 0.393 e. The van der Waals surface area contributed by atoms with Gasteiger partial charge in [-0.25, -0.2) is 0 Å². The van der Waals surface area contributed by atoms with Crippen molar-refractivity contribution in [3.8, 4) is 0 Å². The first kappa shape index (κ1) is 22.1. The first-order valence-electron chi connectivity index (χ1n) is 10.0. The van der Waals surface area contributed by atoms with Crippen molar-refractivity contribution in [3.05, 3.63) is 37.0 Å². The van der Waals surface area contributed by atoms with E-state index in [1.807, 2.05) is 12.2 Å². The van der Waals surface area contributed by atoms with E-state index in [4.69, 9.17) is 0 Å². The highest BCUT2D eigenvalue weighted by Crippen LogP contribution is 2.36. The quantitative estimate of drug-likeness (QED) is 0.358. The summed E-state index contributed by atoms with van der Waals surface area (Å²) in [6, 6.07) is 0. The van der Waals surface area contributed by atoms with E-state index in [1.165, 1.54) is 12.8 Å². The Morgan fingerprint density at radius 1 is 1.04 bits per heavy atom. The lowest BCUT2D eigenvalue weighted by Gasteiger charge is -2.23. The Bertz CT molecular complexity index is 429. The van der Waals surface area contributed by atoms with Crippen LogP contribution in [0.4, 0.5) is 0 Å². The Labute approximate surface area is 154 Å². The summed E-state index contributed by atoms with van der Waals surface area (Å²) in [5, 5.41) is 31.1. The van der Waals surface area contributed by atoms with Crippen molar-refractivity contribution in [2.45, 2.75) is 89.4 Å². The molecular formula is C22H38O3. The van der Waals surface area contributed by atoms with Crippen molar-refractivity contribution in [1.82, 2.24) is 0 Å². The maximum Gasteiger partial charge on any atom is 0.0859 e. The molecule has 0 aliphatic heterocycles. The van der Waals surface area contributed by atoms with Crippen LogP contribution in [0.5, 0.6) is 0 Å². The van der Waals surface area contributed by atoms with Crippen molar-refractivity contribution in [2.75, 3.05) is 0 Å². The summed E-state index contributed by atoms with van der Waals surface area (Å²) >= 11 is 0. The molecule has 0 radical (unpaired) electrons. The van der Waals surface area contributed by atoms with E-state index in [2.05, 4.69) is 32.6 Å². The predicted octanol–water partition coefficient (Wildman–Crippen LogP) is 4.53. The van der Waals surface area contributed by atoms with E-state index < -0.39 is 17.8 Å². The fourth-order valence-electron chi connectivity index (χ4n) is 3.60. The van der Waals surface area contributed by atoms with Crippen molar-refractivity contribution in [2.24, 2.45) is 11.8 Å². The summed E-state index contributed by atoms with van der Waals surface area (Å²) < 4.78 is 0. The molecule has 0 amide bonds. The molecule has 5 atom stereocenters. The number of hydrogen-bond acceptors (Lipinski definition) is 3. The lowest BCUT2D eigenvalue weighted by molar-refractivity contribution is 0.0818. The van der Waals surface area contributed by atoms with Gasteiger partial charge < -0.3 is 15.3 Å². The highest BCUT2D eigenvalue weighted by atomic mass is 16.3. The number of aliphatic hydroxyl groups is 3. The predicted molar refractivity (Wildman–Crippen MR) is 105 cm³/mol. The van der Waals surface area contributed by atoms with Crippen molar-refractivity contribution >= 4 is 0 Å². The van der Waals surface area contributed by atoms with E-state index in [0.29, 0.717) is 19.3 Å². The van der Waals surface area contributed by atoms with Gasteiger partial charge in [0.2, 0.25) is 0 Å². The summed E-state index contributed by atoms with van der Waals surface area (Å²) in [4.78, 5) is 0. The molecule has 0 saturated heterocycles. The fraction of sp³-hybridized carbons (Fsp3) is 0.727. The number of unbranched alkanes of at least 4 members (excludes halogenated alkanes) is 3. The molecular weight excluding hydrogens is 312 g/mol. The molecule has 1 fully saturated rings.